The average molecular weight is 378 g/mol. The Bertz CT molecular complexity index is 764. The van der Waals surface area contributed by atoms with Crippen LogP contribution in [-0.4, -0.2) is 41.1 Å². The summed E-state index contributed by atoms with van der Waals surface area (Å²) in [4.78, 5) is 17.7. The molecule has 1 aromatic heterocycles. The monoisotopic (exact) mass is 378 g/mol. The Labute approximate surface area is 155 Å². The van der Waals surface area contributed by atoms with E-state index < -0.39 is 11.7 Å². The van der Waals surface area contributed by atoms with Crippen LogP contribution < -0.4 is 15.1 Å². The van der Waals surface area contributed by atoms with Crippen molar-refractivity contribution in [1.82, 2.24) is 15.0 Å². The molecule has 2 aromatic rings. The van der Waals surface area contributed by atoms with E-state index in [0.29, 0.717) is 17.6 Å². The van der Waals surface area contributed by atoms with E-state index in [0.717, 1.165) is 64.0 Å². The molecule has 1 aromatic carbocycles. The Balaban J connectivity index is 1.65. The number of nitrogens with one attached hydrogen (secondary N) is 1. The lowest BCUT2D eigenvalue weighted by Gasteiger charge is -2.21. The molecule has 2 saturated heterocycles. The summed E-state index contributed by atoms with van der Waals surface area (Å²) >= 11 is 0. The standard InChI is InChI=1S/C18H21F3N6/c19-18(20,21)13-6-5-7-14(12-13)22-15-23-16(26-8-1-2-9-26)25-17(24-15)27-10-3-4-11-27/h5-7,12H,1-4,8-11H2,(H,22,23,24,25). The lowest BCUT2D eigenvalue weighted by atomic mass is 10.2. The first-order chi connectivity index (χ1) is 13.0. The molecule has 0 bridgehead atoms. The molecule has 2 aliphatic heterocycles. The maximum Gasteiger partial charge on any atom is 0.416 e. The molecule has 2 fully saturated rings. The van der Waals surface area contributed by atoms with Crippen molar-refractivity contribution in [1.29, 1.82) is 0 Å². The summed E-state index contributed by atoms with van der Waals surface area (Å²) in [7, 11) is 0. The number of hydrogen-bond donors (Lipinski definition) is 1. The van der Waals surface area contributed by atoms with Crippen LogP contribution in [0, 0.1) is 0 Å². The molecule has 0 atom stereocenters. The topological polar surface area (TPSA) is 57.2 Å². The van der Waals surface area contributed by atoms with Gasteiger partial charge in [0.05, 0.1) is 5.56 Å². The first-order valence-corrected chi connectivity index (χ1v) is 9.19. The quantitative estimate of drug-likeness (QED) is 0.873. The average Bonchev–Trinajstić information content (AvgIpc) is 3.35. The lowest BCUT2D eigenvalue weighted by Crippen LogP contribution is -2.25. The van der Waals surface area contributed by atoms with Crippen molar-refractivity contribution in [2.75, 3.05) is 41.3 Å². The Kier molecular flexibility index (Phi) is 4.75. The van der Waals surface area contributed by atoms with Crippen molar-refractivity contribution in [3.8, 4) is 0 Å². The summed E-state index contributed by atoms with van der Waals surface area (Å²) in [6.45, 7) is 3.53. The number of anilines is 4. The number of nitrogens with zero attached hydrogens (tertiary/aromatic N) is 5. The zero-order valence-corrected chi connectivity index (χ0v) is 14.8. The molecule has 0 spiro atoms. The van der Waals surface area contributed by atoms with Crippen LogP contribution in [-0.2, 0) is 6.18 Å². The van der Waals surface area contributed by atoms with Crippen molar-refractivity contribution in [3.05, 3.63) is 29.8 Å². The van der Waals surface area contributed by atoms with Gasteiger partial charge in [-0.25, -0.2) is 0 Å². The normalized spacial score (nSPS) is 17.6. The molecule has 0 unspecified atom stereocenters. The summed E-state index contributed by atoms with van der Waals surface area (Å²) in [5.41, 5.74) is -0.406. The minimum Gasteiger partial charge on any atom is -0.341 e. The molecular formula is C18H21F3N6. The maximum absolute atomic E-state index is 13.0. The highest BCUT2D eigenvalue weighted by Gasteiger charge is 2.30. The molecule has 2 aliphatic rings. The molecular weight excluding hydrogens is 357 g/mol. The highest BCUT2D eigenvalue weighted by molar-refractivity contribution is 5.57. The molecule has 144 valence electrons. The molecule has 27 heavy (non-hydrogen) atoms. The van der Waals surface area contributed by atoms with E-state index in [1.807, 2.05) is 0 Å². The molecule has 1 N–H and O–H groups in total. The smallest absolute Gasteiger partial charge is 0.341 e. The second kappa shape index (κ2) is 7.21. The van der Waals surface area contributed by atoms with Crippen LogP contribution in [0.4, 0.5) is 36.7 Å². The highest BCUT2D eigenvalue weighted by atomic mass is 19.4. The summed E-state index contributed by atoms with van der Waals surface area (Å²) < 4.78 is 38.9. The third-order valence-electron chi connectivity index (χ3n) is 4.84. The van der Waals surface area contributed by atoms with E-state index >= 15 is 0 Å². The van der Waals surface area contributed by atoms with Crippen molar-refractivity contribution >= 4 is 23.5 Å². The van der Waals surface area contributed by atoms with Gasteiger partial charge in [0.1, 0.15) is 0 Å². The number of alkyl halides is 3. The van der Waals surface area contributed by atoms with Gasteiger partial charge in [0.15, 0.2) is 0 Å². The van der Waals surface area contributed by atoms with Gasteiger partial charge in [0.2, 0.25) is 17.8 Å². The Morgan fingerprint density at radius 1 is 0.815 bits per heavy atom. The third kappa shape index (κ3) is 4.06. The van der Waals surface area contributed by atoms with Crippen LogP contribution in [0.2, 0.25) is 0 Å². The summed E-state index contributed by atoms with van der Waals surface area (Å²) in [6, 6.07) is 5.05. The van der Waals surface area contributed by atoms with E-state index in [9.17, 15) is 13.2 Å². The van der Waals surface area contributed by atoms with E-state index in [1.54, 1.807) is 6.07 Å². The minimum absolute atomic E-state index is 0.271. The van der Waals surface area contributed by atoms with Crippen molar-refractivity contribution in [2.45, 2.75) is 31.9 Å². The Morgan fingerprint density at radius 2 is 1.37 bits per heavy atom. The second-order valence-electron chi connectivity index (χ2n) is 6.85. The second-order valence-corrected chi connectivity index (χ2v) is 6.85. The number of hydrogen-bond acceptors (Lipinski definition) is 6. The molecule has 9 heteroatoms. The molecule has 0 radical (unpaired) electrons. The van der Waals surface area contributed by atoms with Gasteiger partial charge in [-0.3, -0.25) is 0 Å². The minimum atomic E-state index is -4.39. The third-order valence-corrected chi connectivity index (χ3v) is 4.84. The van der Waals surface area contributed by atoms with Crippen molar-refractivity contribution in [3.63, 3.8) is 0 Å². The fourth-order valence-corrected chi connectivity index (χ4v) is 3.43. The first kappa shape index (κ1) is 17.8. The molecule has 0 aliphatic carbocycles. The fraction of sp³-hybridized carbons (Fsp3) is 0.500. The van der Waals surface area contributed by atoms with Crippen LogP contribution >= 0.6 is 0 Å². The first-order valence-electron chi connectivity index (χ1n) is 9.19. The van der Waals surface area contributed by atoms with Gasteiger partial charge >= 0.3 is 6.18 Å². The molecule has 0 amide bonds. The van der Waals surface area contributed by atoms with Gasteiger partial charge in [-0.15, -0.1) is 0 Å². The van der Waals surface area contributed by atoms with Gasteiger partial charge in [-0.2, -0.15) is 28.1 Å². The van der Waals surface area contributed by atoms with Crippen LogP contribution in [0.25, 0.3) is 0 Å². The van der Waals surface area contributed by atoms with Crippen molar-refractivity contribution in [2.24, 2.45) is 0 Å². The van der Waals surface area contributed by atoms with Gasteiger partial charge in [0.25, 0.3) is 0 Å². The molecule has 4 rings (SSSR count). The number of halogens is 3. The Morgan fingerprint density at radius 3 is 1.89 bits per heavy atom. The fourth-order valence-electron chi connectivity index (χ4n) is 3.43. The highest BCUT2D eigenvalue weighted by Crippen LogP contribution is 2.31. The van der Waals surface area contributed by atoms with Crippen molar-refractivity contribution < 1.29 is 13.2 Å². The van der Waals surface area contributed by atoms with Crippen LogP contribution in [0.5, 0.6) is 0 Å². The van der Waals surface area contributed by atoms with Gasteiger partial charge < -0.3 is 15.1 Å². The van der Waals surface area contributed by atoms with E-state index in [4.69, 9.17) is 0 Å². The maximum atomic E-state index is 13.0. The molecule has 6 nitrogen and oxygen atoms in total. The predicted molar refractivity (Wildman–Crippen MR) is 97.4 cm³/mol. The Hall–Kier alpha value is -2.58. The van der Waals surface area contributed by atoms with Gasteiger partial charge in [-0.1, -0.05) is 6.07 Å². The molecule has 3 heterocycles. The lowest BCUT2D eigenvalue weighted by molar-refractivity contribution is -0.137. The van der Waals surface area contributed by atoms with Gasteiger partial charge in [-0.05, 0) is 43.9 Å². The van der Waals surface area contributed by atoms with Crippen LogP contribution in [0.1, 0.15) is 31.2 Å². The number of rotatable bonds is 4. The molecule has 0 saturated carbocycles. The summed E-state index contributed by atoms with van der Waals surface area (Å²) in [6.07, 6.45) is -0.0529. The van der Waals surface area contributed by atoms with Crippen LogP contribution in [0.3, 0.4) is 0 Å². The zero-order chi connectivity index (χ0) is 18.9. The van der Waals surface area contributed by atoms with E-state index in [2.05, 4.69) is 30.1 Å². The number of benzene rings is 1. The van der Waals surface area contributed by atoms with E-state index in [1.165, 1.54) is 6.07 Å². The number of aromatic nitrogens is 3. The van der Waals surface area contributed by atoms with Gasteiger partial charge in [0, 0.05) is 31.9 Å². The summed E-state index contributed by atoms with van der Waals surface area (Å²) in [5.74, 6) is 1.44. The predicted octanol–water partition coefficient (Wildman–Crippen LogP) is 3.83. The zero-order valence-electron chi connectivity index (χ0n) is 14.8. The SMILES string of the molecule is FC(F)(F)c1cccc(Nc2nc(N3CCCC3)nc(N3CCCC3)n2)c1. The van der Waals surface area contributed by atoms with Crippen LogP contribution in [0.15, 0.2) is 24.3 Å². The largest absolute Gasteiger partial charge is 0.416 e. The summed E-state index contributed by atoms with van der Waals surface area (Å²) in [5, 5.41) is 2.93. The van der Waals surface area contributed by atoms with E-state index in [-0.39, 0.29) is 5.95 Å².